The van der Waals surface area contributed by atoms with Crippen LogP contribution in [0.15, 0.2) is 12.1 Å². The molecule has 4 rings (SSSR count). The molecule has 1 aromatic rings. The van der Waals surface area contributed by atoms with Gasteiger partial charge in [-0.05, 0) is 82.0 Å². The van der Waals surface area contributed by atoms with E-state index in [1.165, 1.54) is 38.5 Å². The fraction of sp³-hybridized carbons (Fsp3) is 0.818. The summed E-state index contributed by atoms with van der Waals surface area (Å²) >= 11 is 0. The molecule has 0 amide bonds. The molecule has 10 heteroatoms. The number of hydrogen-bond donors (Lipinski definition) is 0. The van der Waals surface area contributed by atoms with Gasteiger partial charge >= 0.3 is 12.2 Å². The third-order valence-electron chi connectivity index (χ3n) is 9.89. The molecule has 2 unspecified atom stereocenters. The van der Waals surface area contributed by atoms with Gasteiger partial charge in [0.1, 0.15) is 5.75 Å². The number of benzene rings is 1. The fourth-order valence-corrected chi connectivity index (χ4v) is 7.22. The molecule has 1 aromatic carbocycles. The Morgan fingerprint density at radius 3 is 1.93 bits per heavy atom. The zero-order valence-corrected chi connectivity index (χ0v) is 25.2. The number of alkyl halides is 4. The topological polar surface area (TPSA) is 27.7 Å². The van der Waals surface area contributed by atoms with Crippen molar-refractivity contribution in [3.8, 4) is 5.75 Å². The maximum atomic E-state index is 15.1. The monoisotopic (exact) mass is 624 g/mol. The zero-order chi connectivity index (χ0) is 31.0. The minimum atomic E-state index is -3.87. The minimum absolute atomic E-state index is 0.00357. The molecule has 0 radical (unpaired) electrons. The van der Waals surface area contributed by atoms with E-state index in [0.717, 1.165) is 19.3 Å². The second-order valence-electron chi connectivity index (χ2n) is 13.0. The Kier molecular flexibility index (Phi) is 12.5. The lowest BCUT2D eigenvalue weighted by molar-refractivity contribution is -0.302. The first-order chi connectivity index (χ1) is 20.5. The van der Waals surface area contributed by atoms with Crippen LogP contribution >= 0.6 is 0 Å². The van der Waals surface area contributed by atoms with Crippen molar-refractivity contribution in [2.45, 2.75) is 141 Å². The highest BCUT2D eigenvalue weighted by atomic mass is 19.3. The summed E-state index contributed by atoms with van der Waals surface area (Å²) in [6, 6.07) is 0.731. The van der Waals surface area contributed by atoms with Crippen molar-refractivity contribution in [2.75, 3.05) is 6.61 Å². The molecule has 2 atom stereocenters. The largest absolute Gasteiger partial charge is 0.430 e. The molecule has 0 spiro atoms. The quantitative estimate of drug-likeness (QED) is 0.117. The number of ether oxygens (including phenoxy) is 3. The zero-order valence-electron chi connectivity index (χ0n) is 25.2. The Labute approximate surface area is 251 Å². The van der Waals surface area contributed by atoms with Crippen molar-refractivity contribution >= 4 is 0 Å². The molecule has 3 aliphatic rings. The lowest BCUT2D eigenvalue weighted by Crippen LogP contribution is -2.46. The average Bonchev–Trinajstić information content (AvgIpc) is 2.98. The SMILES string of the molecule is CCCCCCCCC1CCC(C(F)(F)OC2CCC(C3CCC(C(F)(F)Oc4cc(F)c(F)c(F)c4)OC3)CC2)CC1. The summed E-state index contributed by atoms with van der Waals surface area (Å²) in [5, 5.41) is 0. The third-order valence-corrected chi connectivity index (χ3v) is 9.89. The van der Waals surface area contributed by atoms with Gasteiger partial charge in [-0.25, -0.2) is 13.2 Å². The van der Waals surface area contributed by atoms with E-state index in [1.54, 1.807) is 0 Å². The fourth-order valence-electron chi connectivity index (χ4n) is 7.22. The van der Waals surface area contributed by atoms with E-state index in [9.17, 15) is 22.0 Å². The highest BCUT2D eigenvalue weighted by Gasteiger charge is 2.48. The molecule has 246 valence electrons. The summed E-state index contributed by atoms with van der Waals surface area (Å²) in [6.07, 6.45) is 4.86. The lowest BCUT2D eigenvalue weighted by Gasteiger charge is -2.40. The predicted octanol–water partition coefficient (Wildman–Crippen LogP) is 10.6. The van der Waals surface area contributed by atoms with Gasteiger partial charge in [0, 0.05) is 12.1 Å². The summed E-state index contributed by atoms with van der Waals surface area (Å²) in [6.45, 7) is 2.25. The van der Waals surface area contributed by atoms with E-state index in [-0.39, 0.29) is 24.9 Å². The van der Waals surface area contributed by atoms with E-state index in [1.807, 2.05) is 0 Å². The molecule has 2 saturated carbocycles. The van der Waals surface area contributed by atoms with Crippen LogP contribution in [-0.2, 0) is 9.47 Å². The van der Waals surface area contributed by atoms with E-state index in [2.05, 4.69) is 11.7 Å². The van der Waals surface area contributed by atoms with Gasteiger partial charge in [-0.1, -0.05) is 51.9 Å². The summed E-state index contributed by atoms with van der Waals surface area (Å²) in [5.74, 6) is -5.88. The van der Waals surface area contributed by atoms with Crippen molar-refractivity contribution < 1.29 is 44.9 Å². The van der Waals surface area contributed by atoms with Crippen LogP contribution < -0.4 is 4.74 Å². The molecular formula is C33H47F7O3. The molecule has 43 heavy (non-hydrogen) atoms. The van der Waals surface area contributed by atoms with Gasteiger partial charge in [0.15, 0.2) is 23.6 Å². The average molecular weight is 625 g/mol. The van der Waals surface area contributed by atoms with Gasteiger partial charge in [-0.3, -0.25) is 0 Å². The first-order valence-corrected chi connectivity index (χ1v) is 16.4. The summed E-state index contributed by atoms with van der Waals surface area (Å²) in [5.41, 5.74) is 0. The van der Waals surface area contributed by atoms with Crippen LogP contribution in [0.3, 0.4) is 0 Å². The van der Waals surface area contributed by atoms with Gasteiger partial charge in [-0.15, -0.1) is 0 Å². The number of halogens is 7. The molecule has 0 N–H and O–H groups in total. The smallest absolute Gasteiger partial charge is 0.424 e. The first kappa shape index (κ1) is 34.3. The number of hydrogen-bond acceptors (Lipinski definition) is 3. The van der Waals surface area contributed by atoms with E-state index >= 15 is 8.78 Å². The van der Waals surface area contributed by atoms with Crippen LogP contribution in [0.5, 0.6) is 5.75 Å². The molecule has 3 fully saturated rings. The summed E-state index contributed by atoms with van der Waals surface area (Å²) in [7, 11) is 0. The Morgan fingerprint density at radius 1 is 0.721 bits per heavy atom. The van der Waals surface area contributed by atoms with Crippen LogP contribution in [0, 0.1) is 41.1 Å². The van der Waals surface area contributed by atoms with Gasteiger partial charge < -0.3 is 14.2 Å². The molecule has 1 saturated heterocycles. The third kappa shape index (κ3) is 9.72. The highest BCUT2D eigenvalue weighted by molar-refractivity contribution is 5.25. The predicted molar refractivity (Wildman–Crippen MR) is 150 cm³/mol. The van der Waals surface area contributed by atoms with Crippen LogP contribution in [-0.4, -0.2) is 31.0 Å². The molecule has 2 aliphatic carbocycles. The van der Waals surface area contributed by atoms with Gasteiger partial charge in [0.25, 0.3) is 0 Å². The standard InChI is InChI=1S/C33H47F7O3/c1-2-3-4-5-6-7-8-22-9-14-25(15-10-22)32(37,38)42-26-16-11-23(12-17-26)24-13-18-30(41-21-24)33(39,40)43-27-19-28(34)31(36)29(35)20-27/h19-20,22-26,30H,2-18,21H2,1H3. The van der Waals surface area contributed by atoms with E-state index < -0.39 is 53.5 Å². The van der Waals surface area contributed by atoms with Crippen molar-refractivity contribution in [1.29, 1.82) is 0 Å². The van der Waals surface area contributed by atoms with Gasteiger partial charge in [0.05, 0.1) is 18.6 Å². The molecule has 0 bridgehead atoms. The highest BCUT2D eigenvalue weighted by Crippen LogP contribution is 2.44. The Hall–Kier alpha value is -1.55. The second kappa shape index (κ2) is 15.6. The normalized spacial score (nSPS) is 29.0. The molecule has 0 aromatic heterocycles. The Bertz CT molecular complexity index is 960. The van der Waals surface area contributed by atoms with Crippen molar-refractivity contribution in [2.24, 2.45) is 23.7 Å². The van der Waals surface area contributed by atoms with Crippen molar-refractivity contribution in [3.05, 3.63) is 29.6 Å². The summed E-state index contributed by atoms with van der Waals surface area (Å²) < 4.78 is 115. The van der Waals surface area contributed by atoms with Gasteiger partial charge in [-0.2, -0.15) is 17.6 Å². The maximum Gasteiger partial charge on any atom is 0.424 e. The number of rotatable bonds is 14. The van der Waals surface area contributed by atoms with Gasteiger partial charge in [0.2, 0.25) is 0 Å². The molecular weight excluding hydrogens is 577 g/mol. The van der Waals surface area contributed by atoms with Crippen LogP contribution in [0.1, 0.15) is 116 Å². The van der Waals surface area contributed by atoms with Crippen LogP contribution in [0.25, 0.3) is 0 Å². The van der Waals surface area contributed by atoms with Crippen LogP contribution in [0.4, 0.5) is 30.7 Å². The maximum absolute atomic E-state index is 15.1. The minimum Gasteiger partial charge on any atom is -0.430 e. The van der Waals surface area contributed by atoms with Crippen molar-refractivity contribution in [3.63, 3.8) is 0 Å². The molecule has 1 aliphatic heterocycles. The lowest BCUT2D eigenvalue weighted by atomic mass is 9.76. The summed E-state index contributed by atoms with van der Waals surface area (Å²) in [4.78, 5) is 0. The molecule has 3 nitrogen and oxygen atoms in total. The molecule has 1 heterocycles. The van der Waals surface area contributed by atoms with Crippen molar-refractivity contribution in [1.82, 2.24) is 0 Å². The first-order valence-electron chi connectivity index (χ1n) is 16.4. The van der Waals surface area contributed by atoms with Crippen LogP contribution in [0.2, 0.25) is 0 Å². The van der Waals surface area contributed by atoms with E-state index in [0.29, 0.717) is 63.0 Å². The number of unbranched alkanes of at least 4 members (excludes halogenated alkanes) is 5. The second-order valence-corrected chi connectivity index (χ2v) is 13.0. The Balaban J connectivity index is 1.14. The Morgan fingerprint density at radius 2 is 1.33 bits per heavy atom. The van der Waals surface area contributed by atoms with E-state index in [4.69, 9.17) is 9.47 Å².